The first-order chi connectivity index (χ1) is 9.51. The Labute approximate surface area is 124 Å². The van der Waals surface area contributed by atoms with Crippen molar-refractivity contribution < 1.29 is 4.74 Å². The third kappa shape index (κ3) is 6.76. The molecular formula is C18H29NO. The Morgan fingerprint density at radius 3 is 2.60 bits per heavy atom. The predicted molar refractivity (Wildman–Crippen MR) is 88.2 cm³/mol. The number of hydrogen-bond acceptors (Lipinski definition) is 2. The summed E-state index contributed by atoms with van der Waals surface area (Å²) in [5.41, 5.74) is 2.64. The van der Waals surface area contributed by atoms with E-state index in [2.05, 4.69) is 64.2 Å². The third-order valence-electron chi connectivity index (χ3n) is 2.96. The Hall–Kier alpha value is -1.28. The smallest absolute Gasteiger partial charge is 0.120 e. The molecule has 2 heteroatoms. The minimum Gasteiger partial charge on any atom is -0.491 e. The van der Waals surface area contributed by atoms with Crippen LogP contribution in [0.4, 0.5) is 0 Å². The molecule has 0 radical (unpaired) electrons. The van der Waals surface area contributed by atoms with Gasteiger partial charge >= 0.3 is 0 Å². The Morgan fingerprint density at radius 2 is 2.00 bits per heavy atom. The van der Waals surface area contributed by atoms with E-state index in [9.17, 15) is 0 Å². The lowest BCUT2D eigenvalue weighted by atomic mass is 10.1. The molecule has 1 aromatic rings. The standard InChI is InChI=1S/C18H29NO/c1-6-16(13-19-12-14(2)3)10-17-8-7-9-18(11-17)20-15(4)5/h7-11,14-15,19H,6,12-13H2,1-5H3. The Kier molecular flexibility index (Phi) is 7.38. The van der Waals surface area contributed by atoms with Gasteiger partial charge in [0.25, 0.3) is 0 Å². The number of nitrogens with one attached hydrogen (secondary N) is 1. The quantitative estimate of drug-likeness (QED) is 0.753. The van der Waals surface area contributed by atoms with E-state index in [1.54, 1.807) is 0 Å². The van der Waals surface area contributed by atoms with Crippen LogP contribution in [0.15, 0.2) is 29.8 Å². The molecule has 1 rings (SSSR count). The van der Waals surface area contributed by atoms with Gasteiger partial charge in [-0.2, -0.15) is 0 Å². The molecule has 0 aliphatic carbocycles. The maximum atomic E-state index is 5.74. The topological polar surface area (TPSA) is 21.3 Å². The van der Waals surface area contributed by atoms with Gasteiger partial charge in [-0.15, -0.1) is 0 Å². The molecule has 20 heavy (non-hydrogen) atoms. The molecule has 1 N–H and O–H groups in total. The van der Waals surface area contributed by atoms with Gasteiger partial charge < -0.3 is 10.1 Å². The van der Waals surface area contributed by atoms with Crippen LogP contribution in [-0.4, -0.2) is 19.2 Å². The van der Waals surface area contributed by atoms with Crippen LogP contribution in [0.3, 0.4) is 0 Å². The summed E-state index contributed by atoms with van der Waals surface area (Å²) < 4.78 is 5.74. The van der Waals surface area contributed by atoms with Crippen molar-refractivity contribution in [1.82, 2.24) is 5.32 Å². The molecule has 0 aromatic heterocycles. The normalized spacial score (nSPS) is 12.2. The minimum absolute atomic E-state index is 0.215. The third-order valence-corrected chi connectivity index (χ3v) is 2.96. The summed E-state index contributed by atoms with van der Waals surface area (Å²) in [6, 6.07) is 8.31. The van der Waals surface area contributed by atoms with Crippen molar-refractivity contribution in [2.75, 3.05) is 13.1 Å². The lowest BCUT2D eigenvalue weighted by Crippen LogP contribution is -2.21. The van der Waals surface area contributed by atoms with Crippen LogP contribution in [0.25, 0.3) is 6.08 Å². The average molecular weight is 275 g/mol. The summed E-state index contributed by atoms with van der Waals surface area (Å²) >= 11 is 0. The largest absolute Gasteiger partial charge is 0.491 e. The summed E-state index contributed by atoms with van der Waals surface area (Å²) in [6.45, 7) is 12.8. The molecule has 0 aliphatic rings. The molecule has 0 saturated carbocycles. The molecule has 2 nitrogen and oxygen atoms in total. The van der Waals surface area contributed by atoms with E-state index in [4.69, 9.17) is 4.74 Å². The fourth-order valence-electron chi connectivity index (χ4n) is 1.98. The van der Waals surface area contributed by atoms with Crippen LogP contribution in [0.5, 0.6) is 5.75 Å². The van der Waals surface area contributed by atoms with E-state index < -0.39 is 0 Å². The number of rotatable bonds is 8. The summed E-state index contributed by atoms with van der Waals surface area (Å²) in [7, 11) is 0. The van der Waals surface area contributed by atoms with E-state index in [0.717, 1.165) is 25.3 Å². The zero-order valence-electron chi connectivity index (χ0n) is 13.6. The van der Waals surface area contributed by atoms with Crippen LogP contribution in [-0.2, 0) is 0 Å². The second kappa shape index (κ2) is 8.80. The van der Waals surface area contributed by atoms with Crippen molar-refractivity contribution in [3.63, 3.8) is 0 Å². The van der Waals surface area contributed by atoms with Gasteiger partial charge in [0, 0.05) is 6.54 Å². The predicted octanol–water partition coefficient (Wildman–Crippen LogP) is 4.51. The molecule has 1 aromatic carbocycles. The monoisotopic (exact) mass is 275 g/mol. The van der Waals surface area contributed by atoms with Crippen LogP contribution >= 0.6 is 0 Å². The highest BCUT2D eigenvalue weighted by atomic mass is 16.5. The van der Waals surface area contributed by atoms with E-state index >= 15 is 0 Å². The van der Waals surface area contributed by atoms with Gasteiger partial charge in [0.05, 0.1) is 6.10 Å². The number of benzene rings is 1. The Morgan fingerprint density at radius 1 is 1.25 bits per heavy atom. The molecule has 0 aliphatic heterocycles. The summed E-state index contributed by atoms with van der Waals surface area (Å²) in [6.07, 6.45) is 3.55. The fourth-order valence-corrected chi connectivity index (χ4v) is 1.98. The van der Waals surface area contributed by atoms with Gasteiger partial charge in [-0.1, -0.05) is 44.6 Å². The first-order valence-corrected chi connectivity index (χ1v) is 7.68. The molecule has 0 saturated heterocycles. The molecule has 112 valence electrons. The van der Waals surface area contributed by atoms with Gasteiger partial charge in [0.1, 0.15) is 5.75 Å². The molecule has 0 unspecified atom stereocenters. The van der Waals surface area contributed by atoms with Crippen molar-refractivity contribution in [3.05, 3.63) is 35.4 Å². The van der Waals surface area contributed by atoms with Gasteiger partial charge in [-0.05, 0) is 50.4 Å². The molecule has 0 spiro atoms. The van der Waals surface area contributed by atoms with E-state index in [1.165, 1.54) is 11.1 Å². The number of ether oxygens (including phenoxy) is 1. The minimum atomic E-state index is 0.215. The van der Waals surface area contributed by atoms with Crippen molar-refractivity contribution in [3.8, 4) is 5.75 Å². The SMILES string of the molecule is CCC(=Cc1cccc(OC(C)C)c1)CNCC(C)C. The van der Waals surface area contributed by atoms with E-state index in [0.29, 0.717) is 5.92 Å². The van der Waals surface area contributed by atoms with Gasteiger partial charge in [0.2, 0.25) is 0 Å². The molecule has 0 amide bonds. The van der Waals surface area contributed by atoms with Gasteiger partial charge in [0.15, 0.2) is 0 Å². The molecular weight excluding hydrogens is 246 g/mol. The average Bonchev–Trinajstić information content (AvgIpc) is 2.36. The highest BCUT2D eigenvalue weighted by Gasteiger charge is 2.00. The Bertz CT molecular complexity index is 421. The summed E-state index contributed by atoms with van der Waals surface area (Å²) in [5, 5.41) is 3.50. The van der Waals surface area contributed by atoms with E-state index in [-0.39, 0.29) is 6.10 Å². The van der Waals surface area contributed by atoms with Crippen molar-refractivity contribution in [1.29, 1.82) is 0 Å². The maximum absolute atomic E-state index is 5.74. The Balaban J connectivity index is 2.68. The highest BCUT2D eigenvalue weighted by molar-refractivity contribution is 5.55. The van der Waals surface area contributed by atoms with E-state index in [1.807, 2.05) is 6.07 Å². The van der Waals surface area contributed by atoms with Crippen molar-refractivity contribution >= 4 is 6.08 Å². The number of hydrogen-bond donors (Lipinski definition) is 1. The van der Waals surface area contributed by atoms with Crippen molar-refractivity contribution in [2.24, 2.45) is 5.92 Å². The van der Waals surface area contributed by atoms with Crippen LogP contribution in [0, 0.1) is 5.92 Å². The zero-order chi connectivity index (χ0) is 15.0. The fraction of sp³-hybridized carbons (Fsp3) is 0.556. The molecule has 0 bridgehead atoms. The second-order valence-electron chi connectivity index (χ2n) is 5.92. The first-order valence-electron chi connectivity index (χ1n) is 7.68. The second-order valence-corrected chi connectivity index (χ2v) is 5.92. The van der Waals surface area contributed by atoms with Gasteiger partial charge in [-0.25, -0.2) is 0 Å². The summed E-state index contributed by atoms with van der Waals surface area (Å²) in [4.78, 5) is 0. The maximum Gasteiger partial charge on any atom is 0.120 e. The van der Waals surface area contributed by atoms with Crippen LogP contribution < -0.4 is 10.1 Å². The molecule has 0 atom stereocenters. The van der Waals surface area contributed by atoms with Crippen LogP contribution in [0.1, 0.15) is 46.6 Å². The molecule has 0 heterocycles. The summed E-state index contributed by atoms with van der Waals surface area (Å²) in [5.74, 6) is 1.63. The zero-order valence-corrected chi connectivity index (χ0v) is 13.6. The van der Waals surface area contributed by atoms with Crippen molar-refractivity contribution in [2.45, 2.75) is 47.1 Å². The lowest BCUT2D eigenvalue weighted by Gasteiger charge is -2.11. The highest BCUT2D eigenvalue weighted by Crippen LogP contribution is 2.17. The lowest BCUT2D eigenvalue weighted by molar-refractivity contribution is 0.242. The first kappa shape index (κ1) is 16.8. The molecule has 0 fully saturated rings. The van der Waals surface area contributed by atoms with Gasteiger partial charge in [-0.3, -0.25) is 0 Å². The van der Waals surface area contributed by atoms with Crippen LogP contribution in [0.2, 0.25) is 0 Å².